The van der Waals surface area contributed by atoms with Gasteiger partial charge < -0.3 is 9.64 Å². The largest absolute Gasteiger partial charge is 0.494 e. The topological polar surface area (TPSA) is 45.7 Å². The van der Waals surface area contributed by atoms with Gasteiger partial charge in [-0.15, -0.1) is 23.7 Å². The quantitative estimate of drug-likeness (QED) is 0.332. The number of carbonyl (C=O) groups excluding carboxylic acids is 1. The number of likely N-dealkylation sites (N-methyl/N-ethyl adjacent to an activating group) is 1. The molecule has 0 saturated carbocycles. The molecule has 3 rings (SSSR count). The highest BCUT2D eigenvalue weighted by Crippen LogP contribution is 2.35. The first-order valence-corrected chi connectivity index (χ1v) is 11.9. The van der Waals surface area contributed by atoms with Crippen molar-refractivity contribution in [2.45, 2.75) is 20.8 Å². The van der Waals surface area contributed by atoms with Crippen LogP contribution >= 0.6 is 58.3 Å². The molecule has 0 spiro atoms. The lowest BCUT2D eigenvalue weighted by Gasteiger charge is -2.24. The van der Waals surface area contributed by atoms with Gasteiger partial charge in [0, 0.05) is 13.1 Å². The Morgan fingerprint density at radius 3 is 2.43 bits per heavy atom. The van der Waals surface area contributed by atoms with Crippen LogP contribution in [0.25, 0.3) is 10.2 Å². The summed E-state index contributed by atoms with van der Waals surface area (Å²) >= 11 is 15.0. The zero-order valence-corrected chi connectivity index (χ0v) is 20.9. The molecular formula is C20H24Cl3N3O2S2. The number of amides is 1. The Labute approximate surface area is 201 Å². The lowest BCUT2D eigenvalue weighted by atomic mass is 10.3. The van der Waals surface area contributed by atoms with E-state index in [0.717, 1.165) is 35.6 Å². The number of benzene rings is 1. The second-order valence-electron chi connectivity index (χ2n) is 6.28. The van der Waals surface area contributed by atoms with Crippen LogP contribution in [0, 0.1) is 0 Å². The monoisotopic (exact) mass is 507 g/mol. The highest BCUT2D eigenvalue weighted by Gasteiger charge is 2.25. The molecule has 0 unspecified atom stereocenters. The van der Waals surface area contributed by atoms with E-state index in [1.165, 1.54) is 22.7 Å². The van der Waals surface area contributed by atoms with Gasteiger partial charge in [-0.25, -0.2) is 4.98 Å². The number of anilines is 1. The van der Waals surface area contributed by atoms with Crippen molar-refractivity contribution in [2.75, 3.05) is 37.7 Å². The van der Waals surface area contributed by atoms with E-state index < -0.39 is 0 Å². The first-order valence-electron chi connectivity index (χ1n) is 9.49. The van der Waals surface area contributed by atoms with E-state index in [0.29, 0.717) is 32.5 Å². The molecule has 0 aliphatic rings. The van der Waals surface area contributed by atoms with E-state index in [1.807, 2.05) is 25.1 Å². The van der Waals surface area contributed by atoms with Gasteiger partial charge in [0.05, 0.1) is 26.7 Å². The van der Waals surface area contributed by atoms with E-state index in [1.54, 1.807) is 11.0 Å². The van der Waals surface area contributed by atoms with Gasteiger partial charge >= 0.3 is 0 Å². The molecule has 0 N–H and O–H groups in total. The van der Waals surface area contributed by atoms with Crippen LogP contribution in [0.5, 0.6) is 5.75 Å². The van der Waals surface area contributed by atoms with Crippen LogP contribution in [0.1, 0.15) is 31.1 Å². The van der Waals surface area contributed by atoms with E-state index >= 15 is 0 Å². The molecule has 1 aromatic carbocycles. The van der Waals surface area contributed by atoms with Crippen LogP contribution < -0.4 is 9.64 Å². The van der Waals surface area contributed by atoms with Crippen LogP contribution in [0.4, 0.5) is 5.13 Å². The molecule has 0 fully saturated rings. The summed E-state index contributed by atoms with van der Waals surface area (Å²) in [6.07, 6.45) is 0. The number of fused-ring (bicyclic) bond motifs is 1. The minimum Gasteiger partial charge on any atom is -0.494 e. The summed E-state index contributed by atoms with van der Waals surface area (Å²) in [6, 6.07) is 7.40. The van der Waals surface area contributed by atoms with E-state index in [-0.39, 0.29) is 18.3 Å². The maximum absolute atomic E-state index is 13.3. The number of halogens is 3. The van der Waals surface area contributed by atoms with Crippen LogP contribution in [0.2, 0.25) is 8.67 Å². The van der Waals surface area contributed by atoms with Crippen molar-refractivity contribution in [1.29, 1.82) is 0 Å². The number of thiophene rings is 1. The number of nitrogens with zero attached hydrogens (tertiary/aromatic N) is 3. The molecule has 0 aliphatic carbocycles. The average Bonchev–Trinajstić information content (AvgIpc) is 3.27. The molecule has 3 aromatic rings. The molecule has 1 amide bonds. The van der Waals surface area contributed by atoms with Gasteiger partial charge in [0.25, 0.3) is 5.91 Å². The van der Waals surface area contributed by atoms with Gasteiger partial charge in [-0.2, -0.15) is 0 Å². The van der Waals surface area contributed by atoms with E-state index in [4.69, 9.17) is 32.9 Å². The van der Waals surface area contributed by atoms with E-state index in [9.17, 15) is 4.79 Å². The van der Waals surface area contributed by atoms with Gasteiger partial charge in [-0.05, 0) is 44.3 Å². The SMILES string of the molecule is CCOc1ccc2nc(N(CCN(CC)CC)C(=O)c3cc(Cl)sc3Cl)sc2c1.Cl. The highest BCUT2D eigenvalue weighted by molar-refractivity contribution is 7.22. The first kappa shape index (κ1) is 25.2. The molecular weight excluding hydrogens is 485 g/mol. The normalized spacial score (nSPS) is 11.0. The number of ether oxygens (including phenoxy) is 1. The molecule has 164 valence electrons. The molecule has 0 radical (unpaired) electrons. The Hall–Kier alpha value is -1.09. The Morgan fingerprint density at radius 1 is 1.10 bits per heavy atom. The predicted octanol–water partition coefficient (Wildman–Crippen LogP) is 6.47. The Kier molecular flexibility index (Phi) is 9.66. The second-order valence-corrected chi connectivity index (χ2v) is 9.58. The summed E-state index contributed by atoms with van der Waals surface area (Å²) in [7, 11) is 0. The molecule has 0 bridgehead atoms. The van der Waals surface area contributed by atoms with Crippen molar-refractivity contribution in [1.82, 2.24) is 9.88 Å². The number of rotatable bonds is 9. The van der Waals surface area contributed by atoms with Crippen molar-refractivity contribution in [3.63, 3.8) is 0 Å². The molecule has 30 heavy (non-hydrogen) atoms. The lowest BCUT2D eigenvalue weighted by molar-refractivity contribution is 0.0984. The third-order valence-electron chi connectivity index (χ3n) is 4.56. The fourth-order valence-electron chi connectivity index (χ4n) is 2.96. The van der Waals surface area contributed by atoms with Crippen molar-refractivity contribution < 1.29 is 9.53 Å². The maximum atomic E-state index is 13.3. The number of hydrogen-bond acceptors (Lipinski definition) is 6. The molecule has 0 saturated heterocycles. The fourth-order valence-corrected chi connectivity index (χ4v) is 5.43. The van der Waals surface area contributed by atoms with Crippen molar-refractivity contribution in [3.05, 3.63) is 38.5 Å². The lowest BCUT2D eigenvalue weighted by Crippen LogP contribution is -2.38. The smallest absolute Gasteiger partial charge is 0.262 e. The first-order chi connectivity index (χ1) is 14.0. The maximum Gasteiger partial charge on any atom is 0.262 e. The number of hydrogen-bond donors (Lipinski definition) is 0. The Morgan fingerprint density at radius 2 is 1.83 bits per heavy atom. The zero-order valence-electron chi connectivity index (χ0n) is 17.0. The fraction of sp³-hybridized carbons (Fsp3) is 0.400. The van der Waals surface area contributed by atoms with Gasteiger partial charge in [0.15, 0.2) is 5.13 Å². The molecule has 5 nitrogen and oxygen atoms in total. The summed E-state index contributed by atoms with van der Waals surface area (Å²) in [6.45, 7) is 9.87. The third-order valence-corrected chi connectivity index (χ3v) is 7.09. The molecule has 0 atom stereocenters. The minimum absolute atomic E-state index is 0. The number of thiazole rings is 1. The summed E-state index contributed by atoms with van der Waals surface area (Å²) in [4.78, 5) is 22.0. The zero-order chi connectivity index (χ0) is 21.0. The second kappa shape index (κ2) is 11.5. The molecule has 10 heteroatoms. The van der Waals surface area contributed by atoms with Crippen molar-refractivity contribution in [2.24, 2.45) is 0 Å². The number of carbonyl (C=O) groups is 1. The Balaban J connectivity index is 0.00000320. The Bertz CT molecular complexity index is 989. The van der Waals surface area contributed by atoms with Crippen molar-refractivity contribution in [3.8, 4) is 5.75 Å². The van der Waals surface area contributed by atoms with Gasteiger partial charge in [-0.1, -0.05) is 48.4 Å². The minimum atomic E-state index is -0.186. The van der Waals surface area contributed by atoms with Crippen LogP contribution in [-0.2, 0) is 0 Å². The predicted molar refractivity (Wildman–Crippen MR) is 132 cm³/mol. The van der Waals surface area contributed by atoms with Crippen LogP contribution in [0.3, 0.4) is 0 Å². The standard InChI is InChI=1S/C20H23Cl2N3O2S2.ClH/c1-4-24(5-2)9-10-25(19(26)14-12-17(21)29-18(14)22)20-23-15-8-7-13(27-6-3)11-16(15)28-20;/h7-8,11-12H,4-6,9-10H2,1-3H3;1H. The summed E-state index contributed by atoms with van der Waals surface area (Å²) in [5.41, 5.74) is 1.25. The van der Waals surface area contributed by atoms with Gasteiger partial charge in [0.2, 0.25) is 0 Å². The molecule has 0 aliphatic heterocycles. The molecule has 2 aromatic heterocycles. The summed E-state index contributed by atoms with van der Waals surface area (Å²) in [5, 5.41) is 0.643. The van der Waals surface area contributed by atoms with Crippen LogP contribution in [0.15, 0.2) is 24.3 Å². The number of aromatic nitrogens is 1. The molecule has 2 heterocycles. The highest BCUT2D eigenvalue weighted by atomic mass is 35.5. The summed E-state index contributed by atoms with van der Waals surface area (Å²) in [5.74, 6) is 0.610. The van der Waals surface area contributed by atoms with Crippen LogP contribution in [-0.4, -0.2) is 48.6 Å². The van der Waals surface area contributed by atoms with E-state index in [2.05, 4.69) is 18.7 Å². The van der Waals surface area contributed by atoms with Gasteiger partial charge in [0.1, 0.15) is 10.1 Å². The average molecular weight is 509 g/mol. The summed E-state index contributed by atoms with van der Waals surface area (Å²) < 4.78 is 7.45. The third kappa shape index (κ3) is 5.78. The van der Waals surface area contributed by atoms with Gasteiger partial charge in [-0.3, -0.25) is 9.69 Å². The van der Waals surface area contributed by atoms with Crippen molar-refractivity contribution >= 4 is 79.5 Å².